The van der Waals surface area contributed by atoms with Gasteiger partial charge in [0.05, 0.1) is 11.0 Å². The van der Waals surface area contributed by atoms with E-state index in [1.165, 1.54) is 21.8 Å². The Morgan fingerprint density at radius 1 is 0.386 bits per heavy atom. The van der Waals surface area contributed by atoms with E-state index >= 15 is 0 Å². The summed E-state index contributed by atoms with van der Waals surface area (Å²) in [4.78, 5) is 6.90. The van der Waals surface area contributed by atoms with Crippen molar-refractivity contribution in [3.8, 4) is 27.9 Å². The van der Waals surface area contributed by atoms with Crippen LogP contribution in [0, 0.1) is 0 Å². The molecule has 2 heterocycles. The molecule has 0 spiro atoms. The number of anilines is 3. The molecule has 208 valence electrons. The van der Waals surface area contributed by atoms with Crippen molar-refractivity contribution >= 4 is 38.9 Å². The van der Waals surface area contributed by atoms with Gasteiger partial charge in [0.25, 0.3) is 0 Å². The van der Waals surface area contributed by atoms with E-state index in [1.54, 1.807) is 0 Å². The molecule has 0 saturated heterocycles. The minimum atomic E-state index is 1.09. The molecule has 3 nitrogen and oxygen atoms in total. The Balaban J connectivity index is 1.11. The van der Waals surface area contributed by atoms with E-state index < -0.39 is 0 Å². The lowest BCUT2D eigenvalue weighted by Gasteiger charge is -2.25. The average Bonchev–Trinajstić information content (AvgIpc) is 3.44. The lowest BCUT2D eigenvalue weighted by atomic mass is 10.0. The Kier molecular flexibility index (Phi) is 6.47. The van der Waals surface area contributed by atoms with E-state index in [-0.39, 0.29) is 0 Å². The van der Waals surface area contributed by atoms with Gasteiger partial charge in [0.15, 0.2) is 0 Å². The number of hydrogen-bond donors (Lipinski definition) is 0. The fourth-order valence-corrected chi connectivity index (χ4v) is 6.16. The third kappa shape index (κ3) is 4.61. The minimum Gasteiger partial charge on any atom is -0.311 e. The summed E-state index contributed by atoms with van der Waals surface area (Å²) in [5, 5.41) is 2.54. The molecule has 0 radical (unpaired) electrons. The Hall–Kier alpha value is -5.93. The predicted molar refractivity (Wildman–Crippen MR) is 184 cm³/mol. The zero-order valence-electron chi connectivity index (χ0n) is 24.1. The van der Waals surface area contributed by atoms with Gasteiger partial charge in [-0.1, -0.05) is 97.1 Å². The van der Waals surface area contributed by atoms with Gasteiger partial charge in [0.1, 0.15) is 0 Å². The zero-order valence-corrected chi connectivity index (χ0v) is 24.1. The number of fused-ring (bicyclic) bond motifs is 3. The molecule has 0 unspecified atom stereocenters. The molecule has 2 aromatic heterocycles. The van der Waals surface area contributed by atoms with Crippen LogP contribution in [0.4, 0.5) is 17.1 Å². The molecule has 8 aromatic rings. The highest BCUT2D eigenvalue weighted by atomic mass is 15.1. The summed E-state index contributed by atoms with van der Waals surface area (Å²) in [5.74, 6) is 0. The second-order valence-corrected chi connectivity index (χ2v) is 10.9. The molecule has 0 saturated carbocycles. The molecule has 0 aliphatic heterocycles. The van der Waals surface area contributed by atoms with Crippen LogP contribution in [0.25, 0.3) is 49.7 Å². The lowest BCUT2D eigenvalue weighted by molar-refractivity contribution is 1.18. The van der Waals surface area contributed by atoms with Crippen LogP contribution >= 0.6 is 0 Å². The van der Waals surface area contributed by atoms with Gasteiger partial charge < -0.3 is 9.47 Å². The summed E-state index contributed by atoms with van der Waals surface area (Å²) in [6.45, 7) is 0. The fourth-order valence-electron chi connectivity index (χ4n) is 6.16. The van der Waals surface area contributed by atoms with E-state index in [1.807, 2.05) is 24.5 Å². The number of nitrogens with zero attached hydrogens (tertiary/aromatic N) is 3. The largest absolute Gasteiger partial charge is 0.311 e. The van der Waals surface area contributed by atoms with Crippen LogP contribution in [0.2, 0.25) is 0 Å². The van der Waals surface area contributed by atoms with Gasteiger partial charge in [-0.25, -0.2) is 0 Å². The summed E-state index contributed by atoms with van der Waals surface area (Å²) >= 11 is 0. The zero-order chi connectivity index (χ0) is 29.3. The number of para-hydroxylation sites is 4. The monoisotopic (exact) mass is 563 g/mol. The van der Waals surface area contributed by atoms with Crippen molar-refractivity contribution < 1.29 is 0 Å². The van der Waals surface area contributed by atoms with Crippen molar-refractivity contribution in [2.24, 2.45) is 0 Å². The van der Waals surface area contributed by atoms with Crippen molar-refractivity contribution in [3.63, 3.8) is 0 Å². The summed E-state index contributed by atoms with van der Waals surface area (Å²) in [7, 11) is 0. The van der Waals surface area contributed by atoms with Crippen LogP contribution in [-0.2, 0) is 0 Å². The highest BCUT2D eigenvalue weighted by Crippen LogP contribution is 2.36. The topological polar surface area (TPSA) is 21.1 Å². The Bertz CT molecular complexity index is 2110. The van der Waals surface area contributed by atoms with Crippen LogP contribution in [-0.4, -0.2) is 9.55 Å². The van der Waals surface area contributed by atoms with Gasteiger partial charge in [-0.15, -0.1) is 0 Å². The maximum Gasteiger partial charge on any atom is 0.0541 e. The van der Waals surface area contributed by atoms with E-state index in [4.69, 9.17) is 0 Å². The third-order valence-corrected chi connectivity index (χ3v) is 8.26. The van der Waals surface area contributed by atoms with Crippen molar-refractivity contribution in [2.45, 2.75) is 0 Å². The number of hydrogen-bond acceptors (Lipinski definition) is 2. The van der Waals surface area contributed by atoms with Crippen molar-refractivity contribution in [3.05, 3.63) is 176 Å². The first kappa shape index (κ1) is 25.8. The lowest BCUT2D eigenvalue weighted by Crippen LogP contribution is -2.09. The van der Waals surface area contributed by atoms with Crippen molar-refractivity contribution in [1.82, 2.24) is 9.55 Å². The second kappa shape index (κ2) is 11.0. The van der Waals surface area contributed by atoms with Crippen molar-refractivity contribution in [2.75, 3.05) is 4.90 Å². The predicted octanol–water partition coefficient (Wildman–Crippen LogP) is 11.0. The molecule has 0 fully saturated rings. The van der Waals surface area contributed by atoms with Gasteiger partial charge in [-0.3, -0.25) is 4.98 Å². The molecule has 0 atom stereocenters. The third-order valence-electron chi connectivity index (χ3n) is 8.26. The standard InChI is InChI=1S/C41H29N3/c1-3-11-34(12-4-1)43(35-13-5-2-6-14-35)36-23-19-30(20-24-36)32-27-33(29-42-28-32)31-21-25-37(26-22-31)44-40-17-9-7-15-38(40)39-16-8-10-18-41(39)44/h1-29H. The summed E-state index contributed by atoms with van der Waals surface area (Å²) in [6.07, 6.45) is 3.89. The summed E-state index contributed by atoms with van der Waals surface area (Å²) in [5.41, 5.74) is 11.4. The Morgan fingerprint density at radius 3 is 1.34 bits per heavy atom. The molecule has 8 rings (SSSR count). The van der Waals surface area contributed by atoms with Gasteiger partial charge in [-0.2, -0.15) is 0 Å². The first-order valence-corrected chi connectivity index (χ1v) is 14.9. The maximum atomic E-state index is 4.63. The molecule has 0 amide bonds. The smallest absolute Gasteiger partial charge is 0.0541 e. The second-order valence-electron chi connectivity index (χ2n) is 10.9. The van der Waals surface area contributed by atoms with E-state index in [0.717, 1.165) is 45.0 Å². The minimum absolute atomic E-state index is 1.09. The Labute approximate surface area is 256 Å². The van der Waals surface area contributed by atoms with Crippen LogP contribution in [0.3, 0.4) is 0 Å². The number of benzene rings is 6. The SMILES string of the molecule is c1ccc(N(c2ccccc2)c2ccc(-c3cncc(-c4ccc(-n5c6ccccc6c6ccccc65)cc4)c3)cc2)cc1. The number of aromatic nitrogens is 2. The molecule has 44 heavy (non-hydrogen) atoms. The van der Waals surface area contributed by atoms with Crippen LogP contribution in [0.15, 0.2) is 176 Å². The molecule has 0 N–H and O–H groups in total. The van der Waals surface area contributed by atoms with E-state index in [2.05, 4.69) is 166 Å². The molecule has 6 aromatic carbocycles. The molecule has 0 aliphatic rings. The summed E-state index contributed by atoms with van der Waals surface area (Å²) in [6, 6.07) is 57.9. The fraction of sp³-hybridized carbons (Fsp3) is 0. The molecular weight excluding hydrogens is 534 g/mol. The van der Waals surface area contributed by atoms with Crippen molar-refractivity contribution in [1.29, 1.82) is 0 Å². The molecule has 3 heteroatoms. The van der Waals surface area contributed by atoms with Crippen LogP contribution < -0.4 is 4.90 Å². The molecular formula is C41H29N3. The first-order chi connectivity index (χ1) is 21.8. The maximum absolute atomic E-state index is 4.63. The number of rotatable bonds is 6. The highest BCUT2D eigenvalue weighted by molar-refractivity contribution is 6.09. The van der Waals surface area contributed by atoms with Gasteiger partial charge in [0, 0.05) is 57.0 Å². The van der Waals surface area contributed by atoms with Gasteiger partial charge in [0.2, 0.25) is 0 Å². The molecule has 0 bridgehead atoms. The van der Waals surface area contributed by atoms with Crippen LogP contribution in [0.1, 0.15) is 0 Å². The van der Waals surface area contributed by atoms with Gasteiger partial charge >= 0.3 is 0 Å². The van der Waals surface area contributed by atoms with Gasteiger partial charge in [-0.05, 0) is 77.9 Å². The highest BCUT2D eigenvalue weighted by Gasteiger charge is 2.13. The number of pyridine rings is 1. The quantitative estimate of drug-likeness (QED) is 0.201. The van der Waals surface area contributed by atoms with E-state index in [0.29, 0.717) is 0 Å². The average molecular weight is 564 g/mol. The van der Waals surface area contributed by atoms with E-state index in [9.17, 15) is 0 Å². The Morgan fingerprint density at radius 2 is 0.818 bits per heavy atom. The molecule has 0 aliphatic carbocycles. The first-order valence-electron chi connectivity index (χ1n) is 14.9. The van der Waals surface area contributed by atoms with Crippen LogP contribution in [0.5, 0.6) is 0 Å². The summed E-state index contributed by atoms with van der Waals surface area (Å²) < 4.78 is 2.35. The normalized spacial score (nSPS) is 11.2.